The lowest BCUT2D eigenvalue weighted by molar-refractivity contribution is 0.416. The van der Waals surface area contributed by atoms with E-state index in [2.05, 4.69) is 68.4 Å². The van der Waals surface area contributed by atoms with Crippen LogP contribution in [0.5, 0.6) is 0 Å². The van der Waals surface area contributed by atoms with Crippen LogP contribution in [0, 0.1) is 0 Å². The van der Waals surface area contributed by atoms with Gasteiger partial charge in [-0.1, -0.05) is 31.0 Å². The summed E-state index contributed by atoms with van der Waals surface area (Å²) in [5.74, 6) is 0. The first-order valence-corrected chi connectivity index (χ1v) is 7.50. The predicted octanol–water partition coefficient (Wildman–Crippen LogP) is 4.07. The molecule has 0 heterocycles. The summed E-state index contributed by atoms with van der Waals surface area (Å²) < 4.78 is 0. The van der Waals surface area contributed by atoms with Gasteiger partial charge in [-0.25, -0.2) is 0 Å². The molecule has 0 saturated carbocycles. The van der Waals surface area contributed by atoms with Crippen molar-refractivity contribution in [3.63, 3.8) is 0 Å². The van der Waals surface area contributed by atoms with E-state index in [-0.39, 0.29) is 5.54 Å². The van der Waals surface area contributed by atoms with Crippen LogP contribution in [0.2, 0.25) is 0 Å². The minimum atomic E-state index is 0.257. The molecule has 2 nitrogen and oxygen atoms in total. The Morgan fingerprint density at radius 1 is 0.947 bits per heavy atom. The van der Waals surface area contributed by atoms with E-state index < -0.39 is 0 Å². The molecule has 1 rings (SSSR count). The van der Waals surface area contributed by atoms with E-state index in [0.717, 1.165) is 13.1 Å². The maximum Gasteiger partial charge on any atom is 0.0363 e. The average molecular weight is 262 g/mol. The van der Waals surface area contributed by atoms with Crippen LogP contribution in [0.15, 0.2) is 30.3 Å². The van der Waals surface area contributed by atoms with Crippen molar-refractivity contribution in [2.24, 2.45) is 0 Å². The number of hydrogen-bond donors (Lipinski definition) is 1. The Morgan fingerprint density at radius 2 is 1.58 bits per heavy atom. The number of hydrogen-bond acceptors (Lipinski definition) is 2. The highest BCUT2D eigenvalue weighted by atomic mass is 15.1. The fourth-order valence-electron chi connectivity index (χ4n) is 2.10. The molecule has 0 atom stereocenters. The zero-order valence-electron chi connectivity index (χ0n) is 13.1. The van der Waals surface area contributed by atoms with E-state index in [4.69, 9.17) is 0 Å². The van der Waals surface area contributed by atoms with Crippen molar-refractivity contribution in [1.29, 1.82) is 0 Å². The van der Waals surface area contributed by atoms with Crippen molar-refractivity contribution in [3.05, 3.63) is 30.3 Å². The molecule has 1 aromatic carbocycles. The highest BCUT2D eigenvalue weighted by Crippen LogP contribution is 2.12. The molecule has 0 aliphatic carbocycles. The van der Waals surface area contributed by atoms with Gasteiger partial charge in [0.2, 0.25) is 0 Å². The Bertz CT molecular complexity index is 327. The molecule has 1 aromatic rings. The second-order valence-corrected chi connectivity index (χ2v) is 6.35. The van der Waals surface area contributed by atoms with Gasteiger partial charge in [0.15, 0.2) is 0 Å². The molecule has 0 fully saturated rings. The van der Waals surface area contributed by atoms with E-state index in [9.17, 15) is 0 Å². The summed E-state index contributed by atoms with van der Waals surface area (Å²) in [5, 5.41) is 3.54. The molecule has 0 spiro atoms. The smallest absolute Gasteiger partial charge is 0.0363 e. The molecule has 0 aliphatic heterocycles. The lowest BCUT2D eigenvalue weighted by Gasteiger charge is -2.21. The molecule has 0 aromatic heterocycles. The minimum absolute atomic E-state index is 0.257. The Hall–Kier alpha value is -1.02. The molecule has 108 valence electrons. The number of para-hydroxylation sites is 1. The van der Waals surface area contributed by atoms with E-state index in [1.165, 1.54) is 31.4 Å². The second kappa shape index (κ2) is 8.21. The summed E-state index contributed by atoms with van der Waals surface area (Å²) in [6, 6.07) is 10.6. The first kappa shape index (κ1) is 16.0. The highest BCUT2D eigenvalue weighted by Gasteiger charge is 2.06. The number of rotatable bonds is 8. The van der Waals surface area contributed by atoms with Gasteiger partial charge in [0.1, 0.15) is 0 Å². The summed E-state index contributed by atoms with van der Waals surface area (Å²) in [7, 11) is 2.18. The molecule has 0 amide bonds. The van der Waals surface area contributed by atoms with Gasteiger partial charge >= 0.3 is 0 Å². The quantitative estimate of drug-likeness (QED) is 0.710. The predicted molar refractivity (Wildman–Crippen MR) is 85.9 cm³/mol. The first-order chi connectivity index (χ1) is 8.99. The van der Waals surface area contributed by atoms with Gasteiger partial charge < -0.3 is 10.2 Å². The Labute approximate surface area is 119 Å². The topological polar surface area (TPSA) is 15.3 Å². The number of nitrogens with one attached hydrogen (secondary N) is 1. The van der Waals surface area contributed by atoms with Gasteiger partial charge in [-0.2, -0.15) is 0 Å². The number of nitrogens with zero attached hydrogens (tertiary/aromatic N) is 1. The maximum absolute atomic E-state index is 3.54. The van der Waals surface area contributed by atoms with Gasteiger partial charge in [0, 0.05) is 24.8 Å². The van der Waals surface area contributed by atoms with Gasteiger partial charge in [-0.3, -0.25) is 0 Å². The van der Waals surface area contributed by atoms with Crippen molar-refractivity contribution in [2.45, 2.75) is 52.0 Å². The molecule has 0 aliphatic rings. The highest BCUT2D eigenvalue weighted by molar-refractivity contribution is 5.44. The normalized spacial score (nSPS) is 11.6. The van der Waals surface area contributed by atoms with Gasteiger partial charge in [0.05, 0.1) is 0 Å². The molecule has 2 heteroatoms. The largest absolute Gasteiger partial charge is 0.375 e. The Kier molecular flexibility index (Phi) is 6.93. The van der Waals surface area contributed by atoms with Gasteiger partial charge in [0.25, 0.3) is 0 Å². The number of anilines is 1. The van der Waals surface area contributed by atoms with Crippen molar-refractivity contribution < 1.29 is 0 Å². The fraction of sp³-hybridized carbons (Fsp3) is 0.647. The van der Waals surface area contributed by atoms with Crippen LogP contribution in [0.4, 0.5) is 5.69 Å². The van der Waals surface area contributed by atoms with E-state index in [0.29, 0.717) is 0 Å². The Balaban J connectivity index is 2.02. The maximum atomic E-state index is 3.54. The third-order valence-electron chi connectivity index (χ3n) is 3.27. The minimum Gasteiger partial charge on any atom is -0.375 e. The molecular formula is C17H30N2. The summed E-state index contributed by atoms with van der Waals surface area (Å²) in [6.45, 7) is 8.96. The molecular weight excluding hydrogens is 232 g/mol. The Morgan fingerprint density at radius 3 is 2.21 bits per heavy atom. The molecule has 1 N–H and O–H groups in total. The molecule has 0 radical (unpaired) electrons. The van der Waals surface area contributed by atoms with E-state index >= 15 is 0 Å². The fourth-order valence-corrected chi connectivity index (χ4v) is 2.10. The van der Waals surface area contributed by atoms with Gasteiger partial charge in [-0.15, -0.1) is 0 Å². The molecule has 0 unspecified atom stereocenters. The zero-order chi connectivity index (χ0) is 14.1. The van der Waals surface area contributed by atoms with Crippen molar-refractivity contribution in [1.82, 2.24) is 5.32 Å². The summed E-state index contributed by atoms with van der Waals surface area (Å²) in [5.41, 5.74) is 1.57. The monoisotopic (exact) mass is 262 g/mol. The second-order valence-electron chi connectivity index (χ2n) is 6.35. The average Bonchev–Trinajstić information content (AvgIpc) is 2.37. The molecule has 0 saturated heterocycles. The lowest BCUT2D eigenvalue weighted by Crippen LogP contribution is -2.36. The van der Waals surface area contributed by atoms with Crippen LogP contribution in [0.25, 0.3) is 0 Å². The van der Waals surface area contributed by atoms with Crippen LogP contribution in [-0.4, -0.2) is 25.7 Å². The first-order valence-electron chi connectivity index (χ1n) is 7.50. The van der Waals surface area contributed by atoms with Crippen LogP contribution in [0.1, 0.15) is 46.5 Å². The van der Waals surface area contributed by atoms with Crippen LogP contribution >= 0.6 is 0 Å². The third-order valence-corrected chi connectivity index (χ3v) is 3.27. The summed E-state index contributed by atoms with van der Waals surface area (Å²) in [4.78, 5) is 2.34. The zero-order valence-corrected chi connectivity index (χ0v) is 13.1. The molecule has 19 heavy (non-hydrogen) atoms. The standard InChI is InChI=1S/C17H30N2/c1-17(2,3)18-14-10-5-6-11-15-19(4)16-12-8-7-9-13-16/h7-9,12-13,18H,5-6,10-11,14-15H2,1-4H3. The van der Waals surface area contributed by atoms with Crippen LogP contribution in [0.3, 0.4) is 0 Å². The lowest BCUT2D eigenvalue weighted by atomic mass is 10.1. The number of benzene rings is 1. The third kappa shape index (κ3) is 7.89. The van der Waals surface area contributed by atoms with Crippen molar-refractivity contribution in [3.8, 4) is 0 Å². The summed E-state index contributed by atoms with van der Waals surface area (Å²) >= 11 is 0. The van der Waals surface area contributed by atoms with Crippen molar-refractivity contribution in [2.75, 3.05) is 25.0 Å². The van der Waals surface area contributed by atoms with Crippen LogP contribution < -0.4 is 10.2 Å². The number of unbranched alkanes of at least 4 members (excludes halogenated alkanes) is 3. The van der Waals surface area contributed by atoms with Crippen molar-refractivity contribution >= 4 is 5.69 Å². The van der Waals surface area contributed by atoms with Gasteiger partial charge in [-0.05, 0) is 52.3 Å². The molecule has 0 bridgehead atoms. The van der Waals surface area contributed by atoms with E-state index in [1.54, 1.807) is 0 Å². The summed E-state index contributed by atoms with van der Waals surface area (Å²) in [6.07, 6.45) is 5.21. The SMILES string of the molecule is CN(CCCCCCNC(C)(C)C)c1ccccc1. The van der Waals surface area contributed by atoms with E-state index in [1.807, 2.05) is 0 Å². The van der Waals surface area contributed by atoms with Crippen LogP contribution in [-0.2, 0) is 0 Å².